The Balaban J connectivity index is 2.33. The molecule has 2 aromatic carbocycles. The van der Waals surface area contributed by atoms with Crippen molar-refractivity contribution in [2.75, 3.05) is 13.6 Å². The summed E-state index contributed by atoms with van der Waals surface area (Å²) in [6.45, 7) is 3.76. The molecule has 0 aliphatic rings. The summed E-state index contributed by atoms with van der Waals surface area (Å²) in [4.78, 5) is 14.4. The Morgan fingerprint density at radius 2 is 1.82 bits per heavy atom. The minimum Gasteiger partial charge on any atom is -0.323 e. The van der Waals surface area contributed by atoms with E-state index in [1.807, 2.05) is 0 Å². The number of hydrogen-bond donors (Lipinski definition) is 0. The average Bonchev–Trinajstić information content (AvgIpc) is 2.68. The van der Waals surface area contributed by atoms with Crippen LogP contribution < -0.4 is 0 Å². The Kier molecular flexibility index (Phi) is 6.95. The molecular formula is C21H23FN2O3S. The van der Waals surface area contributed by atoms with E-state index in [9.17, 15) is 17.6 Å². The first kappa shape index (κ1) is 21.6. The average molecular weight is 402 g/mol. The molecule has 28 heavy (non-hydrogen) atoms. The van der Waals surface area contributed by atoms with Gasteiger partial charge in [0.15, 0.2) is 0 Å². The van der Waals surface area contributed by atoms with Crippen LogP contribution in [0.3, 0.4) is 0 Å². The summed E-state index contributed by atoms with van der Waals surface area (Å²) < 4.78 is 39.7. The number of terminal acetylenes is 1. The molecule has 0 heterocycles. The SMILES string of the molecule is C#CCN(Cc1ccc(F)cc1)C(=O)c1cccc(S(=O)(=O)N(C)C(C)C)c1. The molecule has 0 aromatic heterocycles. The molecule has 5 nitrogen and oxygen atoms in total. The molecule has 2 aromatic rings. The maximum Gasteiger partial charge on any atom is 0.254 e. The fraction of sp³-hybridized carbons (Fsp3) is 0.286. The van der Waals surface area contributed by atoms with Crippen LogP contribution in [0.1, 0.15) is 29.8 Å². The fourth-order valence-corrected chi connectivity index (χ4v) is 3.95. The van der Waals surface area contributed by atoms with E-state index >= 15 is 0 Å². The molecule has 0 saturated heterocycles. The van der Waals surface area contributed by atoms with E-state index in [0.717, 1.165) is 0 Å². The smallest absolute Gasteiger partial charge is 0.254 e. The number of hydrogen-bond acceptors (Lipinski definition) is 3. The van der Waals surface area contributed by atoms with Gasteiger partial charge in [0.05, 0.1) is 11.4 Å². The summed E-state index contributed by atoms with van der Waals surface area (Å²) >= 11 is 0. The summed E-state index contributed by atoms with van der Waals surface area (Å²) in [5, 5.41) is 0. The molecule has 148 valence electrons. The van der Waals surface area contributed by atoms with Gasteiger partial charge in [-0.2, -0.15) is 4.31 Å². The zero-order valence-corrected chi connectivity index (χ0v) is 16.9. The van der Waals surface area contributed by atoms with E-state index in [1.165, 1.54) is 46.6 Å². The van der Waals surface area contributed by atoms with E-state index in [2.05, 4.69) is 5.92 Å². The number of benzene rings is 2. The Morgan fingerprint density at radius 3 is 2.39 bits per heavy atom. The second-order valence-corrected chi connectivity index (χ2v) is 8.63. The van der Waals surface area contributed by atoms with E-state index in [1.54, 1.807) is 32.0 Å². The van der Waals surface area contributed by atoms with E-state index in [0.29, 0.717) is 5.56 Å². The van der Waals surface area contributed by atoms with Crippen molar-refractivity contribution >= 4 is 15.9 Å². The van der Waals surface area contributed by atoms with Gasteiger partial charge in [-0.15, -0.1) is 6.42 Å². The van der Waals surface area contributed by atoms with E-state index in [-0.39, 0.29) is 35.4 Å². The summed E-state index contributed by atoms with van der Waals surface area (Å²) in [6.07, 6.45) is 5.39. The number of halogens is 1. The first-order chi connectivity index (χ1) is 13.2. The van der Waals surface area contributed by atoms with Crippen molar-refractivity contribution in [3.8, 4) is 12.3 Å². The summed E-state index contributed by atoms with van der Waals surface area (Å²) in [5.41, 5.74) is 0.934. The third kappa shape index (κ3) is 4.97. The molecule has 0 spiro atoms. The lowest BCUT2D eigenvalue weighted by Gasteiger charge is -2.23. The second-order valence-electron chi connectivity index (χ2n) is 6.63. The van der Waals surface area contributed by atoms with Crippen LogP contribution >= 0.6 is 0 Å². The van der Waals surface area contributed by atoms with Crippen LogP contribution in [0.2, 0.25) is 0 Å². The largest absolute Gasteiger partial charge is 0.323 e. The Bertz CT molecular complexity index is 979. The lowest BCUT2D eigenvalue weighted by atomic mass is 10.1. The van der Waals surface area contributed by atoms with Gasteiger partial charge in [0.25, 0.3) is 5.91 Å². The number of carbonyl (C=O) groups is 1. The van der Waals surface area contributed by atoms with Gasteiger partial charge in [-0.05, 0) is 49.7 Å². The first-order valence-electron chi connectivity index (χ1n) is 8.72. The summed E-state index contributed by atoms with van der Waals surface area (Å²) in [6, 6.07) is 11.4. The van der Waals surface area contributed by atoms with Crippen LogP contribution in [0, 0.1) is 18.2 Å². The van der Waals surface area contributed by atoms with Gasteiger partial charge in [-0.25, -0.2) is 12.8 Å². The van der Waals surface area contributed by atoms with E-state index < -0.39 is 15.9 Å². The molecule has 2 rings (SSSR count). The minimum absolute atomic E-state index is 0.0389. The van der Waals surface area contributed by atoms with Gasteiger partial charge >= 0.3 is 0 Å². The molecule has 7 heteroatoms. The van der Waals surface area contributed by atoms with Gasteiger partial charge in [0.1, 0.15) is 5.82 Å². The number of amides is 1. The molecule has 0 radical (unpaired) electrons. The maximum atomic E-state index is 13.1. The predicted octanol–water partition coefficient (Wildman–Crippen LogP) is 3.13. The monoisotopic (exact) mass is 402 g/mol. The summed E-state index contributed by atoms with van der Waals surface area (Å²) in [5.74, 6) is 1.67. The molecule has 0 N–H and O–H groups in total. The topological polar surface area (TPSA) is 57.7 Å². The normalized spacial score (nSPS) is 11.5. The fourth-order valence-electron chi connectivity index (χ4n) is 2.54. The molecule has 1 amide bonds. The standard InChI is InChI=1S/C21H23FN2O3S/c1-5-13-24(15-17-9-11-19(22)12-10-17)21(25)18-7-6-8-20(14-18)28(26,27)23(4)16(2)3/h1,6-12,14,16H,13,15H2,2-4H3. The highest BCUT2D eigenvalue weighted by Gasteiger charge is 2.25. The number of rotatable bonds is 7. The van der Waals surface area contributed by atoms with Crippen LogP contribution in [0.4, 0.5) is 4.39 Å². The maximum absolute atomic E-state index is 13.1. The molecule has 0 aliphatic carbocycles. The van der Waals surface area contributed by atoms with Gasteiger partial charge in [-0.1, -0.05) is 24.1 Å². The summed E-state index contributed by atoms with van der Waals surface area (Å²) in [7, 11) is -2.22. The third-order valence-electron chi connectivity index (χ3n) is 4.34. The van der Waals surface area contributed by atoms with Gasteiger partial charge in [0, 0.05) is 25.2 Å². The Hall–Kier alpha value is -2.69. The molecule has 0 atom stereocenters. The first-order valence-corrected chi connectivity index (χ1v) is 10.2. The minimum atomic E-state index is -3.72. The highest BCUT2D eigenvalue weighted by Crippen LogP contribution is 2.19. The van der Waals surface area contributed by atoms with Gasteiger partial charge in [-0.3, -0.25) is 4.79 Å². The van der Waals surface area contributed by atoms with Crippen molar-refractivity contribution in [1.29, 1.82) is 0 Å². The zero-order valence-electron chi connectivity index (χ0n) is 16.1. The van der Waals surface area contributed by atoms with Crippen molar-refractivity contribution in [3.63, 3.8) is 0 Å². The third-order valence-corrected chi connectivity index (χ3v) is 6.37. The molecular weight excluding hydrogens is 379 g/mol. The Morgan fingerprint density at radius 1 is 1.18 bits per heavy atom. The predicted molar refractivity (Wildman–Crippen MR) is 107 cm³/mol. The number of carbonyl (C=O) groups excluding carboxylic acids is 1. The highest BCUT2D eigenvalue weighted by molar-refractivity contribution is 7.89. The van der Waals surface area contributed by atoms with Crippen LogP contribution in [-0.2, 0) is 16.6 Å². The number of nitrogens with zero attached hydrogens (tertiary/aromatic N) is 2. The second kappa shape index (κ2) is 9.00. The van der Waals surface area contributed by atoms with E-state index in [4.69, 9.17) is 6.42 Å². The van der Waals surface area contributed by atoms with Crippen LogP contribution in [0.5, 0.6) is 0 Å². The zero-order chi connectivity index (χ0) is 20.9. The quantitative estimate of drug-likeness (QED) is 0.669. The van der Waals surface area contributed by atoms with Crippen molar-refractivity contribution in [2.24, 2.45) is 0 Å². The lowest BCUT2D eigenvalue weighted by molar-refractivity contribution is 0.0765. The van der Waals surface area contributed by atoms with Crippen LogP contribution in [0.15, 0.2) is 53.4 Å². The van der Waals surface area contributed by atoms with Gasteiger partial charge < -0.3 is 4.90 Å². The number of sulfonamides is 1. The Labute approximate surface area is 165 Å². The van der Waals surface area contributed by atoms with Crippen LogP contribution in [-0.4, -0.2) is 43.2 Å². The molecule has 0 aliphatic heterocycles. The molecule has 0 unspecified atom stereocenters. The molecule has 0 saturated carbocycles. The van der Waals surface area contributed by atoms with Crippen LogP contribution in [0.25, 0.3) is 0 Å². The van der Waals surface area contributed by atoms with Crippen molar-refractivity contribution < 1.29 is 17.6 Å². The van der Waals surface area contributed by atoms with Crippen molar-refractivity contribution in [2.45, 2.75) is 31.3 Å². The van der Waals surface area contributed by atoms with Gasteiger partial charge in [0.2, 0.25) is 10.0 Å². The molecule has 0 fully saturated rings. The van der Waals surface area contributed by atoms with Crippen molar-refractivity contribution in [3.05, 3.63) is 65.5 Å². The highest BCUT2D eigenvalue weighted by atomic mass is 32.2. The lowest BCUT2D eigenvalue weighted by Crippen LogP contribution is -2.34. The van der Waals surface area contributed by atoms with Crippen molar-refractivity contribution in [1.82, 2.24) is 9.21 Å². The molecule has 0 bridgehead atoms.